The molecule has 0 aliphatic rings. The minimum absolute atomic E-state index is 0.00282. The Morgan fingerprint density at radius 1 is 1.06 bits per heavy atom. The highest BCUT2D eigenvalue weighted by molar-refractivity contribution is 9.10. The summed E-state index contributed by atoms with van der Waals surface area (Å²) in [5.41, 5.74) is 2.92. The molecule has 0 radical (unpaired) electrons. The van der Waals surface area contributed by atoms with Crippen LogP contribution in [-0.2, 0) is 0 Å². The molecule has 0 spiro atoms. The summed E-state index contributed by atoms with van der Waals surface area (Å²) in [6.45, 7) is 2.04. The van der Waals surface area contributed by atoms with Crippen molar-refractivity contribution in [3.8, 4) is 0 Å². The first-order valence-corrected chi connectivity index (χ1v) is 6.50. The maximum absolute atomic E-state index is 12.0. The summed E-state index contributed by atoms with van der Waals surface area (Å²) in [5.74, 6) is 0.00282. The van der Waals surface area contributed by atoms with Gasteiger partial charge in [0.05, 0.1) is 0 Å². The molecule has 2 aromatic carbocycles. The minimum Gasteiger partial charge on any atom is -0.289 e. The summed E-state index contributed by atoms with van der Waals surface area (Å²) in [7, 11) is 0. The molecule has 0 N–H and O–H groups in total. The van der Waals surface area contributed by atoms with Gasteiger partial charge in [-0.1, -0.05) is 64.0 Å². The van der Waals surface area contributed by atoms with Crippen molar-refractivity contribution in [3.05, 3.63) is 75.8 Å². The number of benzene rings is 2. The molecule has 0 bridgehead atoms. The zero-order valence-electron chi connectivity index (χ0n) is 10.1. The van der Waals surface area contributed by atoms with E-state index in [0.717, 1.165) is 10.0 Å². The average Bonchev–Trinajstić information content (AvgIpc) is 2.38. The summed E-state index contributed by atoms with van der Waals surface area (Å²) < 4.78 is 0.823. The van der Waals surface area contributed by atoms with E-state index in [0.29, 0.717) is 5.56 Å². The molecule has 2 rings (SSSR count). The van der Waals surface area contributed by atoms with Crippen molar-refractivity contribution in [2.45, 2.75) is 6.92 Å². The quantitative estimate of drug-likeness (QED) is 0.595. The fourth-order valence-electron chi connectivity index (χ4n) is 1.60. The zero-order chi connectivity index (χ0) is 13.0. The Bertz CT molecular complexity index is 582. The molecule has 0 unspecified atom stereocenters. The number of carbonyl (C=O) groups is 1. The molecule has 18 heavy (non-hydrogen) atoms. The number of rotatable bonds is 3. The van der Waals surface area contributed by atoms with Crippen LogP contribution in [0.25, 0.3) is 6.08 Å². The van der Waals surface area contributed by atoms with E-state index in [-0.39, 0.29) is 5.78 Å². The van der Waals surface area contributed by atoms with E-state index in [4.69, 9.17) is 0 Å². The molecule has 0 aromatic heterocycles. The van der Waals surface area contributed by atoms with Crippen LogP contribution in [0.15, 0.2) is 59.1 Å². The van der Waals surface area contributed by atoms with Crippen molar-refractivity contribution in [2.24, 2.45) is 0 Å². The molecule has 90 valence electrons. The van der Waals surface area contributed by atoms with Crippen LogP contribution in [-0.4, -0.2) is 5.78 Å². The molecule has 0 aliphatic heterocycles. The van der Waals surface area contributed by atoms with E-state index in [2.05, 4.69) is 15.9 Å². The van der Waals surface area contributed by atoms with Crippen LogP contribution in [0, 0.1) is 6.92 Å². The van der Waals surface area contributed by atoms with E-state index in [1.54, 1.807) is 6.08 Å². The largest absolute Gasteiger partial charge is 0.289 e. The van der Waals surface area contributed by atoms with E-state index in [9.17, 15) is 4.79 Å². The van der Waals surface area contributed by atoms with Crippen molar-refractivity contribution < 1.29 is 4.79 Å². The molecular formula is C16H13BrO. The van der Waals surface area contributed by atoms with Gasteiger partial charge in [-0.2, -0.15) is 0 Å². The van der Waals surface area contributed by atoms with Gasteiger partial charge < -0.3 is 0 Å². The lowest BCUT2D eigenvalue weighted by Gasteiger charge is -1.99. The van der Waals surface area contributed by atoms with Crippen LogP contribution in [0.4, 0.5) is 0 Å². The Hall–Kier alpha value is -1.67. The predicted molar refractivity (Wildman–Crippen MR) is 78.7 cm³/mol. The Morgan fingerprint density at radius 2 is 1.72 bits per heavy atom. The van der Waals surface area contributed by atoms with Crippen molar-refractivity contribution in [1.82, 2.24) is 0 Å². The number of carbonyl (C=O) groups excluding carboxylic acids is 1. The lowest BCUT2D eigenvalue weighted by molar-refractivity contribution is 0.104. The minimum atomic E-state index is 0.00282. The third-order valence-corrected chi connectivity index (χ3v) is 3.34. The number of halogens is 1. The van der Waals surface area contributed by atoms with Crippen LogP contribution in [0.1, 0.15) is 21.5 Å². The van der Waals surface area contributed by atoms with Crippen LogP contribution < -0.4 is 0 Å². The van der Waals surface area contributed by atoms with E-state index < -0.39 is 0 Å². The third kappa shape index (κ3) is 3.17. The first-order valence-electron chi connectivity index (χ1n) is 5.70. The van der Waals surface area contributed by atoms with Crippen LogP contribution in [0.3, 0.4) is 0 Å². The monoisotopic (exact) mass is 300 g/mol. The molecule has 2 heteroatoms. The second-order valence-corrected chi connectivity index (χ2v) is 4.94. The summed E-state index contributed by atoms with van der Waals surface area (Å²) in [6, 6.07) is 15.5. The Balaban J connectivity index is 2.17. The van der Waals surface area contributed by atoms with Crippen molar-refractivity contribution >= 4 is 27.8 Å². The van der Waals surface area contributed by atoms with Crippen LogP contribution in [0.2, 0.25) is 0 Å². The van der Waals surface area contributed by atoms with E-state index in [1.807, 2.05) is 61.5 Å². The molecule has 0 amide bonds. The lowest BCUT2D eigenvalue weighted by atomic mass is 10.1. The summed E-state index contributed by atoms with van der Waals surface area (Å²) in [6.07, 6.45) is 3.44. The first-order chi connectivity index (χ1) is 8.66. The van der Waals surface area contributed by atoms with Gasteiger partial charge in [0.2, 0.25) is 0 Å². The molecule has 0 saturated carbocycles. The Morgan fingerprint density at radius 3 is 2.39 bits per heavy atom. The molecule has 0 atom stereocenters. The molecule has 1 nitrogen and oxygen atoms in total. The fraction of sp³-hybridized carbons (Fsp3) is 0.0625. The van der Waals surface area contributed by atoms with Gasteiger partial charge in [0.15, 0.2) is 5.78 Å². The highest BCUT2D eigenvalue weighted by Crippen LogP contribution is 2.17. The summed E-state index contributed by atoms with van der Waals surface area (Å²) in [5, 5.41) is 0. The van der Waals surface area contributed by atoms with Gasteiger partial charge in [0, 0.05) is 10.0 Å². The number of aryl methyl sites for hydroxylation is 1. The average molecular weight is 301 g/mol. The van der Waals surface area contributed by atoms with Gasteiger partial charge >= 0.3 is 0 Å². The van der Waals surface area contributed by atoms with Crippen LogP contribution >= 0.6 is 15.9 Å². The van der Waals surface area contributed by atoms with Gasteiger partial charge in [0.25, 0.3) is 0 Å². The maximum Gasteiger partial charge on any atom is 0.186 e. The zero-order valence-corrected chi connectivity index (χ0v) is 11.6. The highest BCUT2D eigenvalue weighted by Gasteiger charge is 2.04. The van der Waals surface area contributed by atoms with Gasteiger partial charge in [-0.05, 0) is 30.7 Å². The van der Waals surface area contributed by atoms with Gasteiger partial charge in [0.1, 0.15) is 0 Å². The summed E-state index contributed by atoms with van der Waals surface area (Å²) >= 11 is 3.38. The standard InChI is InChI=1S/C16H13BrO/c1-12-6-8-13(9-7-12)10-11-16(18)14-4-2-3-5-15(14)17/h2-11H,1H3/b11-10+. The molecule has 0 heterocycles. The van der Waals surface area contributed by atoms with Gasteiger partial charge in [-0.15, -0.1) is 0 Å². The topological polar surface area (TPSA) is 17.1 Å². The number of allylic oxidation sites excluding steroid dienone is 1. The number of hydrogen-bond acceptors (Lipinski definition) is 1. The normalized spacial score (nSPS) is 10.8. The van der Waals surface area contributed by atoms with Gasteiger partial charge in [-0.25, -0.2) is 0 Å². The van der Waals surface area contributed by atoms with E-state index in [1.165, 1.54) is 5.56 Å². The highest BCUT2D eigenvalue weighted by atomic mass is 79.9. The molecule has 0 fully saturated rings. The smallest absolute Gasteiger partial charge is 0.186 e. The summed E-state index contributed by atoms with van der Waals surface area (Å²) in [4.78, 5) is 12.0. The molecular weight excluding hydrogens is 288 g/mol. The number of hydrogen-bond donors (Lipinski definition) is 0. The molecule has 0 aliphatic carbocycles. The maximum atomic E-state index is 12.0. The molecule has 2 aromatic rings. The SMILES string of the molecule is Cc1ccc(/C=C/C(=O)c2ccccc2Br)cc1. The first kappa shape index (κ1) is 12.8. The Labute approximate surface area is 115 Å². The van der Waals surface area contributed by atoms with Gasteiger partial charge in [-0.3, -0.25) is 4.79 Å². The van der Waals surface area contributed by atoms with Crippen molar-refractivity contribution in [2.75, 3.05) is 0 Å². The van der Waals surface area contributed by atoms with Crippen LogP contribution in [0.5, 0.6) is 0 Å². The fourth-order valence-corrected chi connectivity index (χ4v) is 2.08. The third-order valence-electron chi connectivity index (χ3n) is 2.64. The predicted octanol–water partition coefficient (Wildman–Crippen LogP) is 4.65. The van der Waals surface area contributed by atoms with Crippen molar-refractivity contribution in [1.29, 1.82) is 0 Å². The molecule has 0 saturated heterocycles. The Kier molecular flexibility index (Phi) is 4.11. The second-order valence-electron chi connectivity index (χ2n) is 4.09. The number of ketones is 1. The second kappa shape index (κ2) is 5.78. The lowest BCUT2D eigenvalue weighted by Crippen LogP contribution is -1.94. The van der Waals surface area contributed by atoms with Crippen molar-refractivity contribution in [3.63, 3.8) is 0 Å². The van der Waals surface area contributed by atoms with E-state index >= 15 is 0 Å².